The molecule has 0 aromatic heterocycles. The second kappa shape index (κ2) is 7.59. The lowest BCUT2D eigenvalue weighted by Gasteiger charge is -2.39. The van der Waals surface area contributed by atoms with Gasteiger partial charge < -0.3 is 9.80 Å². The van der Waals surface area contributed by atoms with Crippen LogP contribution in [0.5, 0.6) is 0 Å². The molecule has 0 spiro atoms. The zero-order chi connectivity index (χ0) is 15.4. The molecule has 0 aromatic carbocycles. The molecule has 0 saturated carbocycles. The maximum Gasteiger partial charge on any atom is 0.241 e. The number of rotatable bonds is 6. The minimum Gasteiger partial charge on any atom is -0.322 e. The molecular formula is C17H33N3O. The quantitative estimate of drug-likeness (QED) is 0.817. The Morgan fingerprint density at radius 3 is 2.71 bits per heavy atom. The Morgan fingerprint density at radius 2 is 2.10 bits per heavy atom. The van der Waals surface area contributed by atoms with Gasteiger partial charge in [0.2, 0.25) is 5.91 Å². The predicted octanol–water partition coefficient (Wildman–Crippen LogP) is 2.44. The van der Waals surface area contributed by atoms with Gasteiger partial charge in [0.1, 0.15) is 0 Å². The van der Waals surface area contributed by atoms with Gasteiger partial charge in [0.15, 0.2) is 0 Å². The number of carbonyl (C=O) groups excluding carboxylic acids is 1. The largest absolute Gasteiger partial charge is 0.322 e. The van der Waals surface area contributed by atoms with E-state index < -0.39 is 0 Å². The Labute approximate surface area is 130 Å². The van der Waals surface area contributed by atoms with Gasteiger partial charge in [0.25, 0.3) is 0 Å². The van der Waals surface area contributed by atoms with Crippen molar-refractivity contribution >= 4 is 5.91 Å². The number of likely N-dealkylation sites (N-methyl/N-ethyl adjacent to an activating group) is 1. The Morgan fingerprint density at radius 1 is 1.33 bits per heavy atom. The summed E-state index contributed by atoms with van der Waals surface area (Å²) in [5.41, 5.74) is 0. The third-order valence-electron chi connectivity index (χ3n) is 5.32. The summed E-state index contributed by atoms with van der Waals surface area (Å²) in [6, 6.07) is 0.438. The fraction of sp³-hybridized carbons (Fsp3) is 0.941. The lowest BCUT2D eigenvalue weighted by molar-refractivity contribution is -0.134. The molecule has 2 fully saturated rings. The average molecular weight is 295 g/mol. The molecule has 2 heterocycles. The number of carbonyl (C=O) groups is 1. The summed E-state index contributed by atoms with van der Waals surface area (Å²) < 4.78 is 0. The first kappa shape index (κ1) is 16.8. The number of hydrogen-bond acceptors (Lipinski definition) is 3. The van der Waals surface area contributed by atoms with Crippen LogP contribution >= 0.6 is 0 Å². The molecule has 21 heavy (non-hydrogen) atoms. The summed E-state index contributed by atoms with van der Waals surface area (Å²) >= 11 is 0. The van der Waals surface area contributed by atoms with E-state index in [-0.39, 0.29) is 12.2 Å². The minimum absolute atomic E-state index is 0.0311. The van der Waals surface area contributed by atoms with Crippen LogP contribution in [-0.4, -0.2) is 53.6 Å². The van der Waals surface area contributed by atoms with Gasteiger partial charge in [0.05, 0.1) is 12.2 Å². The first-order chi connectivity index (χ1) is 10.1. The number of nitrogens with zero attached hydrogens (tertiary/aromatic N) is 2. The van der Waals surface area contributed by atoms with Crippen LogP contribution in [0.2, 0.25) is 0 Å². The van der Waals surface area contributed by atoms with E-state index in [1.807, 2.05) is 0 Å². The van der Waals surface area contributed by atoms with Crippen molar-refractivity contribution in [1.82, 2.24) is 15.1 Å². The smallest absolute Gasteiger partial charge is 0.241 e. The number of amides is 1. The molecule has 4 atom stereocenters. The van der Waals surface area contributed by atoms with E-state index >= 15 is 0 Å². The molecule has 1 N–H and O–H groups in total. The minimum atomic E-state index is 0.0311. The van der Waals surface area contributed by atoms with Gasteiger partial charge in [-0.15, -0.1) is 0 Å². The first-order valence-corrected chi connectivity index (χ1v) is 8.92. The molecule has 0 radical (unpaired) electrons. The van der Waals surface area contributed by atoms with Crippen LogP contribution in [0.4, 0.5) is 0 Å². The third-order valence-corrected chi connectivity index (χ3v) is 5.32. The molecule has 0 aliphatic carbocycles. The first-order valence-electron chi connectivity index (χ1n) is 8.92. The van der Waals surface area contributed by atoms with Crippen LogP contribution in [-0.2, 0) is 4.79 Å². The van der Waals surface area contributed by atoms with Crippen molar-refractivity contribution in [2.24, 2.45) is 5.92 Å². The highest BCUT2D eigenvalue weighted by Crippen LogP contribution is 2.27. The van der Waals surface area contributed by atoms with Crippen molar-refractivity contribution in [2.45, 2.75) is 78.0 Å². The summed E-state index contributed by atoms with van der Waals surface area (Å²) in [5.74, 6) is 0.776. The Hall–Kier alpha value is -0.610. The Kier molecular flexibility index (Phi) is 6.06. The molecule has 0 bridgehead atoms. The Balaban J connectivity index is 2.11. The lowest BCUT2D eigenvalue weighted by Crippen LogP contribution is -2.52. The summed E-state index contributed by atoms with van der Waals surface area (Å²) in [5, 5.41) is 3.63. The molecular weight excluding hydrogens is 262 g/mol. The Bertz CT molecular complexity index is 347. The van der Waals surface area contributed by atoms with E-state index in [2.05, 4.69) is 42.8 Å². The van der Waals surface area contributed by atoms with E-state index in [1.54, 1.807) is 0 Å². The molecule has 2 aliphatic heterocycles. The number of nitrogens with one attached hydrogen (secondary N) is 1. The molecule has 2 saturated heterocycles. The zero-order valence-electron chi connectivity index (χ0n) is 14.3. The predicted molar refractivity (Wildman–Crippen MR) is 87.1 cm³/mol. The van der Waals surface area contributed by atoms with Crippen molar-refractivity contribution in [3.63, 3.8) is 0 Å². The van der Waals surface area contributed by atoms with Crippen molar-refractivity contribution in [1.29, 1.82) is 0 Å². The SMILES string of the molecule is CCCC1NC(C(C)CC)C(=O)N1C1CCCN(CC)C1. The topological polar surface area (TPSA) is 35.6 Å². The number of likely N-dealkylation sites (tertiary alicyclic amines) is 1. The fourth-order valence-corrected chi connectivity index (χ4v) is 3.79. The van der Waals surface area contributed by atoms with Gasteiger partial charge in [-0.05, 0) is 38.3 Å². The van der Waals surface area contributed by atoms with Crippen molar-refractivity contribution in [3.05, 3.63) is 0 Å². The van der Waals surface area contributed by atoms with Gasteiger partial charge in [-0.2, -0.15) is 0 Å². The maximum atomic E-state index is 12.9. The fourth-order valence-electron chi connectivity index (χ4n) is 3.79. The molecule has 2 rings (SSSR count). The number of piperidine rings is 1. The van der Waals surface area contributed by atoms with Crippen LogP contribution in [0.1, 0.15) is 59.8 Å². The molecule has 4 unspecified atom stereocenters. The molecule has 4 nitrogen and oxygen atoms in total. The van der Waals surface area contributed by atoms with Gasteiger partial charge in [-0.3, -0.25) is 10.1 Å². The summed E-state index contributed by atoms with van der Waals surface area (Å²) in [6.07, 6.45) is 5.89. The van der Waals surface area contributed by atoms with Crippen molar-refractivity contribution < 1.29 is 4.79 Å². The molecule has 0 aromatic rings. The van der Waals surface area contributed by atoms with E-state index in [0.717, 1.165) is 38.8 Å². The highest BCUT2D eigenvalue weighted by Gasteiger charge is 2.44. The third kappa shape index (κ3) is 3.59. The number of hydrogen-bond donors (Lipinski definition) is 1. The second-order valence-electron chi connectivity index (χ2n) is 6.77. The summed E-state index contributed by atoms with van der Waals surface area (Å²) in [6.45, 7) is 12.1. The molecule has 2 aliphatic rings. The monoisotopic (exact) mass is 295 g/mol. The van der Waals surface area contributed by atoms with Gasteiger partial charge in [0, 0.05) is 12.6 Å². The van der Waals surface area contributed by atoms with Crippen molar-refractivity contribution in [2.75, 3.05) is 19.6 Å². The van der Waals surface area contributed by atoms with Crippen LogP contribution in [0, 0.1) is 5.92 Å². The highest BCUT2D eigenvalue weighted by molar-refractivity contribution is 5.85. The molecule has 1 amide bonds. The highest BCUT2D eigenvalue weighted by atomic mass is 16.2. The standard InChI is InChI=1S/C17H33N3O/c1-5-9-15-18-16(13(4)6-2)17(21)20(15)14-10-8-11-19(7-3)12-14/h13-16,18H,5-12H2,1-4H3. The average Bonchev–Trinajstić information content (AvgIpc) is 2.83. The normalized spacial score (nSPS) is 32.7. The van der Waals surface area contributed by atoms with Crippen LogP contribution in [0.3, 0.4) is 0 Å². The van der Waals surface area contributed by atoms with Gasteiger partial charge in [-0.25, -0.2) is 0 Å². The maximum absolute atomic E-state index is 12.9. The molecule has 122 valence electrons. The summed E-state index contributed by atoms with van der Waals surface area (Å²) in [4.78, 5) is 17.6. The van der Waals surface area contributed by atoms with E-state index in [4.69, 9.17) is 0 Å². The van der Waals surface area contributed by atoms with Crippen LogP contribution in [0.25, 0.3) is 0 Å². The van der Waals surface area contributed by atoms with Gasteiger partial charge in [-0.1, -0.05) is 40.5 Å². The van der Waals surface area contributed by atoms with Crippen LogP contribution in [0.15, 0.2) is 0 Å². The molecule has 4 heteroatoms. The summed E-state index contributed by atoms with van der Waals surface area (Å²) in [7, 11) is 0. The van der Waals surface area contributed by atoms with Crippen LogP contribution < -0.4 is 5.32 Å². The lowest BCUT2D eigenvalue weighted by atomic mass is 9.98. The van der Waals surface area contributed by atoms with E-state index in [0.29, 0.717) is 17.9 Å². The van der Waals surface area contributed by atoms with E-state index in [9.17, 15) is 4.79 Å². The zero-order valence-corrected chi connectivity index (χ0v) is 14.3. The van der Waals surface area contributed by atoms with Gasteiger partial charge >= 0.3 is 0 Å². The van der Waals surface area contributed by atoms with Crippen molar-refractivity contribution in [3.8, 4) is 0 Å². The second-order valence-corrected chi connectivity index (χ2v) is 6.77. The van der Waals surface area contributed by atoms with E-state index in [1.165, 1.54) is 13.0 Å².